The van der Waals surface area contributed by atoms with Gasteiger partial charge in [0.1, 0.15) is 0 Å². The number of imidazole rings is 2. The molecule has 2 atom stereocenters. The van der Waals surface area contributed by atoms with Crippen LogP contribution >= 0.6 is 23.2 Å². The van der Waals surface area contributed by atoms with Gasteiger partial charge in [-0.1, -0.05) is 89.0 Å². The minimum absolute atomic E-state index is 0.104. The highest BCUT2D eigenvalue weighted by atomic mass is 35.5. The average molecular weight is 650 g/mol. The fourth-order valence-corrected chi connectivity index (χ4v) is 4.92. The van der Waals surface area contributed by atoms with Crippen LogP contribution in [0, 0.1) is 22.7 Å². The molecule has 10 heteroatoms. The Labute approximate surface area is 269 Å². The number of aliphatic hydroxyl groups is 1. The molecule has 0 aliphatic carbocycles. The first kappa shape index (κ1) is 35.7. The van der Waals surface area contributed by atoms with Crippen molar-refractivity contribution in [1.82, 2.24) is 19.5 Å². The van der Waals surface area contributed by atoms with E-state index in [1.165, 1.54) is 22.8 Å². The van der Waals surface area contributed by atoms with Crippen molar-refractivity contribution >= 4 is 23.2 Å². The lowest BCUT2D eigenvalue weighted by molar-refractivity contribution is -0.0790. The summed E-state index contributed by atoms with van der Waals surface area (Å²) in [7, 11) is 0. The van der Waals surface area contributed by atoms with E-state index in [1.807, 2.05) is 57.2 Å². The topological polar surface area (TPSA) is 79.3 Å². The van der Waals surface area contributed by atoms with Crippen LogP contribution in [-0.4, -0.2) is 42.4 Å². The maximum atomic E-state index is 13.7. The number of aryl methyl sites for hydroxylation is 2. The zero-order valence-corrected chi connectivity index (χ0v) is 27.9. The summed E-state index contributed by atoms with van der Waals surface area (Å²) in [6.45, 7) is 13.7. The monoisotopic (exact) mass is 648 g/mol. The third-order valence-electron chi connectivity index (χ3n) is 8.29. The molecular formula is C34H44Cl2F2N4O2. The molecule has 1 aliphatic heterocycles. The molecular weight excluding hydrogens is 605 g/mol. The lowest BCUT2D eigenvalue weighted by atomic mass is 9.73. The van der Waals surface area contributed by atoms with Gasteiger partial charge in [-0.05, 0) is 71.9 Å². The van der Waals surface area contributed by atoms with Crippen LogP contribution in [0.2, 0.25) is 10.0 Å². The van der Waals surface area contributed by atoms with Gasteiger partial charge in [0.05, 0.1) is 49.4 Å². The highest BCUT2D eigenvalue weighted by Gasteiger charge is 2.53. The smallest absolute Gasteiger partial charge is 0.213 e. The van der Waals surface area contributed by atoms with Crippen molar-refractivity contribution in [2.75, 3.05) is 6.61 Å². The Kier molecular flexibility index (Phi) is 12.2. The quantitative estimate of drug-likeness (QED) is 0.187. The van der Waals surface area contributed by atoms with E-state index in [4.69, 9.17) is 27.9 Å². The van der Waals surface area contributed by atoms with Gasteiger partial charge in [0.15, 0.2) is 0 Å². The lowest BCUT2D eigenvalue weighted by Crippen LogP contribution is -2.47. The minimum atomic E-state index is -1.05. The molecule has 2 N–H and O–H groups in total. The lowest BCUT2D eigenvalue weighted by Gasteiger charge is -2.41. The molecule has 0 amide bonds. The number of benzene rings is 2. The zero-order chi connectivity index (χ0) is 32.6. The Hall–Kier alpha value is -2.78. The number of nitrogens with one attached hydrogen (secondary N) is 1. The number of epoxide rings is 1. The normalized spacial score (nSPS) is 17.5. The molecule has 2 aromatic carbocycles. The van der Waals surface area contributed by atoms with Crippen LogP contribution in [0.3, 0.4) is 0 Å². The predicted molar refractivity (Wildman–Crippen MR) is 173 cm³/mol. The second kappa shape index (κ2) is 15.0. The maximum Gasteiger partial charge on any atom is 0.213 e. The van der Waals surface area contributed by atoms with E-state index in [-0.39, 0.29) is 17.6 Å². The van der Waals surface area contributed by atoms with E-state index in [2.05, 4.69) is 47.9 Å². The van der Waals surface area contributed by atoms with E-state index in [9.17, 15) is 13.9 Å². The molecule has 1 fully saturated rings. The highest BCUT2D eigenvalue weighted by Crippen LogP contribution is 2.47. The number of hydrogen-bond donors (Lipinski definition) is 2. The van der Waals surface area contributed by atoms with Gasteiger partial charge in [0.25, 0.3) is 0 Å². The fraction of sp³-hybridized carbons (Fsp3) is 0.471. The number of rotatable bonds is 8. The zero-order valence-electron chi connectivity index (χ0n) is 26.4. The molecule has 44 heavy (non-hydrogen) atoms. The van der Waals surface area contributed by atoms with Crippen molar-refractivity contribution in [1.29, 1.82) is 0 Å². The largest absolute Gasteiger partial charge is 0.387 e. The molecule has 1 saturated heterocycles. The standard InChI is InChI=1S/C17H22ClFN2O.C14H19ClO.C3H3FN2/c1-16(2,3)17(22,11-21-12-20-10-15(21)19)9-8-13-4-6-14(18)7-5-13;1-13(2,3)14(10-16-14)9-8-11-4-6-12(15)7-5-11;4-3-1-5-2-6-3/h4-7,10,12,22H,8-9,11H2,1-3H3;4-7H,8-10H2,1-3H3;1-2H,(H,5,6). The first-order valence-corrected chi connectivity index (χ1v) is 15.4. The third kappa shape index (κ3) is 10.4. The van der Waals surface area contributed by atoms with Crippen molar-refractivity contribution in [3.63, 3.8) is 0 Å². The number of H-pyrrole nitrogens is 1. The Morgan fingerprint density at radius 3 is 1.80 bits per heavy atom. The van der Waals surface area contributed by atoms with Crippen LogP contribution in [0.4, 0.5) is 8.78 Å². The molecule has 0 radical (unpaired) electrons. The summed E-state index contributed by atoms with van der Waals surface area (Å²) >= 11 is 11.7. The van der Waals surface area contributed by atoms with E-state index in [1.54, 1.807) is 0 Å². The summed E-state index contributed by atoms with van der Waals surface area (Å²) in [4.78, 5) is 9.39. The van der Waals surface area contributed by atoms with Gasteiger partial charge in [0, 0.05) is 10.0 Å². The number of aromatic nitrogens is 4. The molecule has 2 unspecified atom stereocenters. The second-order valence-electron chi connectivity index (χ2n) is 13.3. The number of aromatic amines is 1. The van der Waals surface area contributed by atoms with Gasteiger partial charge in [-0.15, -0.1) is 0 Å². The minimum Gasteiger partial charge on any atom is -0.387 e. The van der Waals surface area contributed by atoms with Crippen LogP contribution in [0.25, 0.3) is 0 Å². The van der Waals surface area contributed by atoms with Crippen molar-refractivity contribution in [3.8, 4) is 0 Å². The molecule has 3 heterocycles. The highest BCUT2D eigenvalue weighted by molar-refractivity contribution is 6.30. The molecule has 0 spiro atoms. The predicted octanol–water partition coefficient (Wildman–Crippen LogP) is 8.72. The van der Waals surface area contributed by atoms with Crippen LogP contribution in [0.1, 0.15) is 65.5 Å². The second-order valence-corrected chi connectivity index (χ2v) is 14.2. The van der Waals surface area contributed by atoms with Gasteiger partial charge in [-0.2, -0.15) is 8.78 Å². The molecule has 0 saturated carbocycles. The number of nitrogens with zero attached hydrogens (tertiary/aromatic N) is 3. The van der Waals surface area contributed by atoms with E-state index < -0.39 is 22.9 Å². The first-order chi connectivity index (χ1) is 20.5. The Morgan fingerprint density at radius 2 is 1.43 bits per heavy atom. The molecule has 2 aromatic heterocycles. The first-order valence-electron chi connectivity index (χ1n) is 14.7. The fourth-order valence-electron chi connectivity index (χ4n) is 4.67. The third-order valence-corrected chi connectivity index (χ3v) is 8.79. The number of ether oxygens (including phenoxy) is 1. The van der Waals surface area contributed by atoms with Gasteiger partial charge in [-0.25, -0.2) is 9.97 Å². The maximum absolute atomic E-state index is 13.7. The molecule has 240 valence electrons. The molecule has 4 aromatic rings. The van der Waals surface area contributed by atoms with Crippen molar-refractivity contribution in [3.05, 3.63) is 107 Å². The van der Waals surface area contributed by atoms with Gasteiger partial charge in [0.2, 0.25) is 11.9 Å². The van der Waals surface area contributed by atoms with Crippen LogP contribution in [0.5, 0.6) is 0 Å². The number of halogens is 4. The Balaban J connectivity index is 0.000000208. The van der Waals surface area contributed by atoms with Crippen molar-refractivity contribution in [2.45, 2.75) is 85.0 Å². The molecule has 6 nitrogen and oxygen atoms in total. The summed E-state index contributed by atoms with van der Waals surface area (Å²) < 4.78 is 32.2. The van der Waals surface area contributed by atoms with Gasteiger partial charge < -0.3 is 19.4 Å². The van der Waals surface area contributed by atoms with Crippen LogP contribution < -0.4 is 0 Å². The summed E-state index contributed by atoms with van der Waals surface area (Å²) in [6.07, 6.45) is 8.34. The summed E-state index contributed by atoms with van der Waals surface area (Å²) in [5.74, 6) is -0.829. The summed E-state index contributed by atoms with van der Waals surface area (Å²) in [5, 5.41) is 12.6. The van der Waals surface area contributed by atoms with E-state index in [0.717, 1.165) is 42.4 Å². The molecule has 1 aliphatic rings. The van der Waals surface area contributed by atoms with Gasteiger partial charge in [-0.3, -0.25) is 0 Å². The Morgan fingerprint density at radius 1 is 0.886 bits per heavy atom. The van der Waals surface area contributed by atoms with Crippen LogP contribution in [-0.2, 0) is 24.1 Å². The van der Waals surface area contributed by atoms with Gasteiger partial charge >= 0.3 is 0 Å². The summed E-state index contributed by atoms with van der Waals surface area (Å²) in [6, 6.07) is 15.7. The Bertz CT molecular complexity index is 1410. The van der Waals surface area contributed by atoms with Crippen molar-refractivity contribution in [2.24, 2.45) is 10.8 Å². The van der Waals surface area contributed by atoms with Crippen molar-refractivity contribution < 1.29 is 18.6 Å². The van der Waals surface area contributed by atoms with E-state index in [0.29, 0.717) is 17.9 Å². The average Bonchev–Trinajstić information content (AvgIpc) is 3.45. The van der Waals surface area contributed by atoms with Crippen LogP contribution in [0.15, 0.2) is 73.6 Å². The molecule has 0 bridgehead atoms. The number of hydrogen-bond acceptors (Lipinski definition) is 4. The summed E-state index contributed by atoms with van der Waals surface area (Å²) in [5.41, 5.74) is 1.33. The molecule has 5 rings (SSSR count). The van der Waals surface area contributed by atoms with E-state index >= 15 is 0 Å². The SMILES string of the molecule is CC(C)(C)C(O)(CCc1ccc(Cl)cc1)Cn1cncc1F.CC(C)(C)C1(CCc2ccc(Cl)cc2)CO1.Fc1cnc[nH]1.